The first-order valence-corrected chi connectivity index (χ1v) is 9.81. The van der Waals surface area contributed by atoms with E-state index in [1.165, 1.54) is 4.90 Å². The van der Waals surface area contributed by atoms with E-state index in [2.05, 4.69) is 10.6 Å². The van der Waals surface area contributed by atoms with E-state index in [4.69, 9.17) is 5.73 Å². The van der Waals surface area contributed by atoms with Gasteiger partial charge in [0.15, 0.2) is 0 Å². The molecular weight excluding hydrogens is 384 g/mol. The number of benzene rings is 2. The van der Waals surface area contributed by atoms with Crippen LogP contribution in [0.5, 0.6) is 0 Å². The third-order valence-electron chi connectivity index (χ3n) is 5.54. The van der Waals surface area contributed by atoms with Crippen molar-refractivity contribution in [3.63, 3.8) is 0 Å². The lowest BCUT2D eigenvalue weighted by Crippen LogP contribution is -2.52. The third kappa shape index (κ3) is 3.69. The van der Waals surface area contributed by atoms with E-state index in [0.29, 0.717) is 16.7 Å². The van der Waals surface area contributed by atoms with Crippen molar-refractivity contribution < 1.29 is 19.2 Å². The molecule has 0 saturated carbocycles. The molecule has 30 heavy (non-hydrogen) atoms. The second-order valence-corrected chi connectivity index (χ2v) is 7.46. The fourth-order valence-corrected chi connectivity index (χ4v) is 3.91. The highest BCUT2D eigenvalue weighted by Gasteiger charge is 2.40. The standard InChI is InChI=1S/C22H22N4O4/c23-17(13-5-2-1-3-6-13)11-24-20(28)14-7-4-8-15-16(14)12-26(22(15)30)18-9-10-19(27)25-21(18)29/h1-8,17-18H,9-12,23H2,(H,24,28)(H,25,27,29)/t17-,18?/m1/s1. The fourth-order valence-electron chi connectivity index (χ4n) is 3.91. The quantitative estimate of drug-likeness (QED) is 0.637. The van der Waals surface area contributed by atoms with E-state index in [0.717, 1.165) is 5.56 Å². The number of hydrogen-bond donors (Lipinski definition) is 3. The Morgan fingerprint density at radius 1 is 1.13 bits per heavy atom. The van der Waals surface area contributed by atoms with Gasteiger partial charge in [-0.3, -0.25) is 24.5 Å². The highest BCUT2D eigenvalue weighted by atomic mass is 16.2. The zero-order chi connectivity index (χ0) is 21.3. The van der Waals surface area contributed by atoms with Gasteiger partial charge in [0.05, 0.1) is 0 Å². The minimum absolute atomic E-state index is 0.148. The van der Waals surface area contributed by atoms with E-state index in [1.807, 2.05) is 30.3 Å². The van der Waals surface area contributed by atoms with E-state index in [-0.39, 0.29) is 49.7 Å². The van der Waals surface area contributed by atoms with Crippen LogP contribution in [-0.2, 0) is 16.1 Å². The third-order valence-corrected chi connectivity index (χ3v) is 5.54. The van der Waals surface area contributed by atoms with Crippen molar-refractivity contribution in [2.24, 2.45) is 5.73 Å². The monoisotopic (exact) mass is 406 g/mol. The molecule has 4 amide bonds. The molecule has 0 spiro atoms. The Balaban J connectivity index is 1.49. The maximum Gasteiger partial charge on any atom is 0.255 e. The predicted molar refractivity (Wildman–Crippen MR) is 108 cm³/mol. The van der Waals surface area contributed by atoms with Crippen LogP contribution in [0.2, 0.25) is 0 Å². The molecule has 2 aromatic carbocycles. The number of amides is 4. The van der Waals surface area contributed by atoms with E-state index >= 15 is 0 Å². The zero-order valence-corrected chi connectivity index (χ0v) is 16.3. The number of fused-ring (bicyclic) bond motifs is 1. The SMILES string of the molecule is N[C@H](CNC(=O)c1cccc2c1CN(C1CCC(=O)NC1=O)C2=O)c1ccccc1. The van der Waals surface area contributed by atoms with Gasteiger partial charge in [-0.2, -0.15) is 0 Å². The summed E-state index contributed by atoms with van der Waals surface area (Å²) in [4.78, 5) is 50.7. The Labute approximate surface area is 173 Å². The van der Waals surface area contributed by atoms with Crippen LogP contribution in [0.25, 0.3) is 0 Å². The molecule has 2 aliphatic rings. The van der Waals surface area contributed by atoms with Crippen LogP contribution in [-0.4, -0.2) is 41.1 Å². The van der Waals surface area contributed by atoms with Crippen molar-refractivity contribution in [3.05, 3.63) is 70.8 Å². The van der Waals surface area contributed by atoms with Gasteiger partial charge >= 0.3 is 0 Å². The number of carbonyl (C=O) groups excluding carboxylic acids is 4. The molecule has 2 aromatic rings. The van der Waals surface area contributed by atoms with E-state index in [1.54, 1.807) is 18.2 Å². The summed E-state index contributed by atoms with van der Waals surface area (Å²) in [6, 6.07) is 13.3. The fraction of sp³-hybridized carbons (Fsp3) is 0.273. The molecule has 2 heterocycles. The topological polar surface area (TPSA) is 122 Å². The highest BCUT2D eigenvalue weighted by Crippen LogP contribution is 2.29. The average Bonchev–Trinajstić information content (AvgIpc) is 3.09. The highest BCUT2D eigenvalue weighted by molar-refractivity contribution is 6.07. The zero-order valence-electron chi connectivity index (χ0n) is 16.3. The summed E-state index contributed by atoms with van der Waals surface area (Å²) < 4.78 is 0. The lowest BCUT2D eigenvalue weighted by Gasteiger charge is -2.29. The first kappa shape index (κ1) is 19.8. The Morgan fingerprint density at radius 2 is 1.90 bits per heavy atom. The number of nitrogens with zero attached hydrogens (tertiary/aromatic N) is 1. The van der Waals surface area contributed by atoms with Gasteiger partial charge in [0.2, 0.25) is 11.8 Å². The molecule has 4 N–H and O–H groups in total. The van der Waals surface area contributed by atoms with Gasteiger partial charge in [-0.25, -0.2) is 0 Å². The predicted octanol–water partition coefficient (Wildman–Crippen LogP) is 0.877. The second-order valence-electron chi connectivity index (χ2n) is 7.46. The van der Waals surface area contributed by atoms with Crippen molar-refractivity contribution in [2.75, 3.05) is 6.54 Å². The number of nitrogens with one attached hydrogen (secondary N) is 2. The number of imide groups is 1. The first-order chi connectivity index (χ1) is 14.5. The van der Waals surface area contributed by atoms with Gasteiger partial charge in [-0.05, 0) is 29.7 Å². The summed E-state index contributed by atoms with van der Waals surface area (Å²) in [6.07, 6.45) is 0.457. The van der Waals surface area contributed by atoms with Crippen LogP contribution in [0.15, 0.2) is 48.5 Å². The lowest BCUT2D eigenvalue weighted by molar-refractivity contribution is -0.136. The second kappa shape index (κ2) is 8.08. The van der Waals surface area contributed by atoms with Gasteiger partial charge in [0, 0.05) is 36.7 Å². The lowest BCUT2D eigenvalue weighted by atomic mass is 10.0. The number of carbonyl (C=O) groups is 4. The molecule has 1 unspecified atom stereocenters. The molecule has 154 valence electrons. The Hall–Kier alpha value is -3.52. The smallest absolute Gasteiger partial charge is 0.255 e. The normalized spacial score (nSPS) is 19.3. The largest absolute Gasteiger partial charge is 0.350 e. The summed E-state index contributed by atoms with van der Waals surface area (Å²) in [5.41, 5.74) is 8.43. The van der Waals surface area contributed by atoms with Gasteiger partial charge in [0.25, 0.3) is 11.8 Å². The molecule has 0 aromatic heterocycles. The number of piperidine rings is 1. The average molecular weight is 406 g/mol. The minimum atomic E-state index is -0.718. The van der Waals surface area contributed by atoms with Crippen LogP contribution >= 0.6 is 0 Å². The summed E-state index contributed by atoms with van der Waals surface area (Å²) in [7, 11) is 0. The van der Waals surface area contributed by atoms with Gasteiger partial charge in [-0.15, -0.1) is 0 Å². The summed E-state index contributed by atoms with van der Waals surface area (Å²) in [6.45, 7) is 0.395. The van der Waals surface area contributed by atoms with Crippen molar-refractivity contribution in [1.82, 2.24) is 15.5 Å². The molecule has 0 bridgehead atoms. The summed E-state index contributed by atoms with van der Waals surface area (Å²) in [5.74, 6) is -1.45. The Morgan fingerprint density at radius 3 is 2.63 bits per heavy atom. The van der Waals surface area contributed by atoms with Crippen LogP contribution in [0, 0.1) is 0 Å². The molecule has 0 radical (unpaired) electrons. The van der Waals surface area contributed by atoms with E-state index in [9.17, 15) is 19.2 Å². The van der Waals surface area contributed by atoms with Crippen molar-refractivity contribution in [1.29, 1.82) is 0 Å². The van der Waals surface area contributed by atoms with Crippen molar-refractivity contribution in [2.45, 2.75) is 31.5 Å². The first-order valence-electron chi connectivity index (χ1n) is 9.81. The van der Waals surface area contributed by atoms with Gasteiger partial charge in [0.1, 0.15) is 6.04 Å². The molecule has 4 rings (SSSR count). The molecule has 2 aliphatic heterocycles. The van der Waals surface area contributed by atoms with Crippen molar-refractivity contribution in [3.8, 4) is 0 Å². The maximum absolute atomic E-state index is 12.9. The maximum atomic E-state index is 12.9. The summed E-state index contributed by atoms with van der Waals surface area (Å²) in [5, 5.41) is 5.11. The van der Waals surface area contributed by atoms with Crippen molar-refractivity contribution >= 4 is 23.6 Å². The summed E-state index contributed by atoms with van der Waals surface area (Å²) >= 11 is 0. The molecule has 1 fully saturated rings. The van der Waals surface area contributed by atoms with Gasteiger partial charge in [-0.1, -0.05) is 36.4 Å². The number of nitrogens with two attached hydrogens (primary N) is 1. The number of hydrogen-bond acceptors (Lipinski definition) is 5. The van der Waals surface area contributed by atoms with Crippen LogP contribution in [0.3, 0.4) is 0 Å². The van der Waals surface area contributed by atoms with Crippen LogP contribution in [0.4, 0.5) is 0 Å². The van der Waals surface area contributed by atoms with Gasteiger partial charge < -0.3 is 16.0 Å². The molecular formula is C22H22N4O4. The molecule has 0 aliphatic carbocycles. The number of rotatable bonds is 5. The Kier molecular flexibility index (Phi) is 5.33. The molecule has 1 saturated heterocycles. The minimum Gasteiger partial charge on any atom is -0.350 e. The Bertz CT molecular complexity index is 1020. The molecule has 2 atom stereocenters. The van der Waals surface area contributed by atoms with Crippen LogP contribution in [0.1, 0.15) is 50.7 Å². The molecule has 8 nitrogen and oxygen atoms in total. The van der Waals surface area contributed by atoms with E-state index < -0.39 is 11.9 Å². The van der Waals surface area contributed by atoms with Crippen LogP contribution < -0.4 is 16.4 Å². The molecule has 8 heteroatoms.